The fourth-order valence-electron chi connectivity index (χ4n) is 2.30. The van der Waals surface area contributed by atoms with Crippen molar-refractivity contribution < 1.29 is 4.39 Å². The Hall–Kier alpha value is -1.34. The topological polar surface area (TPSA) is 0 Å². The van der Waals surface area contributed by atoms with Crippen LogP contribution in [-0.2, 0) is 0 Å². The van der Waals surface area contributed by atoms with Crippen molar-refractivity contribution in [1.29, 1.82) is 0 Å². The van der Waals surface area contributed by atoms with Crippen LogP contribution < -0.4 is 0 Å². The van der Waals surface area contributed by atoms with Gasteiger partial charge in [0, 0.05) is 10.9 Å². The standard InChI is InChI=1S/C16H16ClF/c1-11(2)16(12-3-7-14(17)8-4-12)13-5-9-15(18)10-6-13/h3-11,16H,1-2H3. The molecule has 0 amide bonds. The lowest BCUT2D eigenvalue weighted by molar-refractivity contribution is 0.561. The van der Waals surface area contributed by atoms with Crippen LogP contribution in [0.25, 0.3) is 0 Å². The molecule has 0 aliphatic carbocycles. The van der Waals surface area contributed by atoms with Gasteiger partial charge in [-0.2, -0.15) is 0 Å². The van der Waals surface area contributed by atoms with Gasteiger partial charge in [-0.05, 0) is 41.3 Å². The highest BCUT2D eigenvalue weighted by molar-refractivity contribution is 6.30. The second-order valence-corrected chi connectivity index (χ2v) is 5.26. The zero-order valence-corrected chi connectivity index (χ0v) is 11.3. The van der Waals surface area contributed by atoms with Gasteiger partial charge in [-0.3, -0.25) is 0 Å². The van der Waals surface area contributed by atoms with Crippen molar-refractivity contribution in [2.45, 2.75) is 19.8 Å². The van der Waals surface area contributed by atoms with Crippen LogP contribution in [0.15, 0.2) is 48.5 Å². The minimum Gasteiger partial charge on any atom is -0.207 e. The molecule has 0 aromatic heterocycles. The molecule has 1 atom stereocenters. The number of hydrogen-bond donors (Lipinski definition) is 0. The molecule has 2 aromatic rings. The molecule has 0 saturated heterocycles. The van der Waals surface area contributed by atoms with E-state index in [1.165, 1.54) is 17.7 Å². The third-order valence-corrected chi connectivity index (χ3v) is 3.38. The maximum Gasteiger partial charge on any atom is 0.123 e. The Labute approximate surface area is 112 Å². The summed E-state index contributed by atoms with van der Waals surface area (Å²) in [6, 6.07) is 14.6. The molecule has 2 heteroatoms. The molecule has 0 fully saturated rings. The van der Waals surface area contributed by atoms with Gasteiger partial charge in [-0.1, -0.05) is 49.7 Å². The minimum absolute atomic E-state index is 0.197. The van der Waals surface area contributed by atoms with E-state index >= 15 is 0 Å². The zero-order valence-electron chi connectivity index (χ0n) is 10.5. The van der Waals surface area contributed by atoms with Crippen molar-refractivity contribution >= 4 is 11.6 Å². The average molecular weight is 263 g/mol. The molecule has 0 aliphatic heterocycles. The summed E-state index contributed by atoms with van der Waals surface area (Å²) in [6.45, 7) is 4.34. The predicted octanol–water partition coefficient (Wildman–Crippen LogP) is 5.27. The molecule has 0 radical (unpaired) electrons. The summed E-state index contributed by atoms with van der Waals surface area (Å²) in [5, 5.41) is 0.736. The lowest BCUT2D eigenvalue weighted by Crippen LogP contribution is -2.08. The van der Waals surface area contributed by atoms with Crippen LogP contribution in [0.5, 0.6) is 0 Å². The van der Waals surface area contributed by atoms with E-state index in [9.17, 15) is 4.39 Å². The highest BCUT2D eigenvalue weighted by Crippen LogP contribution is 2.32. The Morgan fingerprint density at radius 2 is 1.28 bits per heavy atom. The van der Waals surface area contributed by atoms with E-state index in [-0.39, 0.29) is 11.7 Å². The summed E-state index contributed by atoms with van der Waals surface area (Å²) in [5.41, 5.74) is 2.34. The smallest absolute Gasteiger partial charge is 0.123 e. The molecule has 0 spiro atoms. The SMILES string of the molecule is CC(C)C(c1ccc(F)cc1)c1ccc(Cl)cc1. The lowest BCUT2D eigenvalue weighted by atomic mass is 9.83. The summed E-state index contributed by atoms with van der Waals surface area (Å²) in [5.74, 6) is 0.511. The molecular weight excluding hydrogens is 247 g/mol. The lowest BCUT2D eigenvalue weighted by Gasteiger charge is -2.22. The van der Waals surface area contributed by atoms with Crippen LogP contribution in [0, 0.1) is 11.7 Å². The van der Waals surface area contributed by atoms with E-state index in [1.807, 2.05) is 36.4 Å². The van der Waals surface area contributed by atoms with Crippen molar-refractivity contribution in [1.82, 2.24) is 0 Å². The number of hydrogen-bond acceptors (Lipinski definition) is 0. The Bertz CT molecular complexity index is 454. The van der Waals surface area contributed by atoms with Gasteiger partial charge in [0.15, 0.2) is 0 Å². The maximum absolute atomic E-state index is 13.0. The number of benzene rings is 2. The van der Waals surface area contributed by atoms with Crippen LogP contribution in [-0.4, -0.2) is 0 Å². The van der Waals surface area contributed by atoms with Gasteiger partial charge < -0.3 is 0 Å². The number of halogens is 2. The van der Waals surface area contributed by atoms with Crippen LogP contribution in [0.4, 0.5) is 4.39 Å². The molecule has 1 unspecified atom stereocenters. The molecule has 18 heavy (non-hydrogen) atoms. The molecule has 0 nitrogen and oxygen atoms in total. The van der Waals surface area contributed by atoms with Gasteiger partial charge in [0.25, 0.3) is 0 Å². The quantitative estimate of drug-likeness (QED) is 0.707. The third-order valence-electron chi connectivity index (χ3n) is 3.12. The predicted molar refractivity (Wildman–Crippen MR) is 74.5 cm³/mol. The maximum atomic E-state index is 13.0. The van der Waals surface area contributed by atoms with Crippen LogP contribution in [0.3, 0.4) is 0 Å². The first-order valence-corrected chi connectivity index (χ1v) is 6.46. The summed E-state index contributed by atoms with van der Waals surface area (Å²) in [7, 11) is 0. The first-order chi connectivity index (χ1) is 8.58. The van der Waals surface area contributed by atoms with Gasteiger partial charge >= 0.3 is 0 Å². The molecule has 2 rings (SSSR count). The minimum atomic E-state index is -0.197. The van der Waals surface area contributed by atoms with E-state index < -0.39 is 0 Å². The van der Waals surface area contributed by atoms with Gasteiger partial charge in [-0.15, -0.1) is 0 Å². The fourth-order valence-corrected chi connectivity index (χ4v) is 2.43. The van der Waals surface area contributed by atoms with Crippen LogP contribution in [0.2, 0.25) is 5.02 Å². The largest absolute Gasteiger partial charge is 0.207 e. The van der Waals surface area contributed by atoms with Gasteiger partial charge in [0.05, 0.1) is 0 Å². The molecule has 0 bridgehead atoms. The van der Waals surface area contributed by atoms with Crippen molar-refractivity contribution in [3.05, 3.63) is 70.5 Å². The van der Waals surface area contributed by atoms with E-state index in [4.69, 9.17) is 11.6 Å². The second kappa shape index (κ2) is 5.53. The molecular formula is C16H16ClF. The Morgan fingerprint density at radius 3 is 1.72 bits per heavy atom. The van der Waals surface area contributed by atoms with Crippen molar-refractivity contribution in [2.75, 3.05) is 0 Å². The van der Waals surface area contributed by atoms with Crippen LogP contribution >= 0.6 is 11.6 Å². The molecule has 0 aliphatic rings. The first kappa shape index (κ1) is 13.1. The summed E-state index contributed by atoms with van der Waals surface area (Å²) < 4.78 is 13.0. The Kier molecular flexibility index (Phi) is 4.03. The van der Waals surface area contributed by atoms with E-state index in [0.29, 0.717) is 5.92 Å². The van der Waals surface area contributed by atoms with E-state index in [0.717, 1.165) is 10.6 Å². The third kappa shape index (κ3) is 2.91. The molecule has 0 heterocycles. The second-order valence-electron chi connectivity index (χ2n) is 4.82. The summed E-state index contributed by atoms with van der Waals surface area (Å²) >= 11 is 5.91. The molecule has 94 valence electrons. The zero-order chi connectivity index (χ0) is 13.1. The van der Waals surface area contributed by atoms with Gasteiger partial charge in [-0.25, -0.2) is 4.39 Å². The van der Waals surface area contributed by atoms with Crippen molar-refractivity contribution in [3.63, 3.8) is 0 Å². The van der Waals surface area contributed by atoms with Gasteiger partial charge in [0.1, 0.15) is 5.82 Å². The molecule has 2 aromatic carbocycles. The van der Waals surface area contributed by atoms with Crippen molar-refractivity contribution in [2.24, 2.45) is 5.92 Å². The van der Waals surface area contributed by atoms with Crippen LogP contribution in [0.1, 0.15) is 30.9 Å². The Balaban J connectivity index is 2.39. The highest BCUT2D eigenvalue weighted by atomic mass is 35.5. The molecule has 0 saturated carbocycles. The summed E-state index contributed by atoms with van der Waals surface area (Å²) in [6.07, 6.45) is 0. The monoisotopic (exact) mass is 262 g/mol. The number of rotatable bonds is 3. The van der Waals surface area contributed by atoms with E-state index in [2.05, 4.69) is 13.8 Å². The summed E-state index contributed by atoms with van der Waals surface area (Å²) in [4.78, 5) is 0. The molecule has 0 N–H and O–H groups in total. The fraction of sp³-hybridized carbons (Fsp3) is 0.250. The highest BCUT2D eigenvalue weighted by Gasteiger charge is 2.17. The normalized spacial score (nSPS) is 12.7. The van der Waals surface area contributed by atoms with Gasteiger partial charge in [0.2, 0.25) is 0 Å². The average Bonchev–Trinajstić information content (AvgIpc) is 2.34. The Morgan fingerprint density at radius 1 is 0.833 bits per heavy atom. The van der Waals surface area contributed by atoms with E-state index in [1.54, 1.807) is 0 Å². The first-order valence-electron chi connectivity index (χ1n) is 6.09. The van der Waals surface area contributed by atoms with Crippen molar-refractivity contribution in [3.8, 4) is 0 Å².